The number of aromatic amines is 1. The van der Waals surface area contributed by atoms with Crippen LogP contribution >= 0.6 is 22.6 Å². The fraction of sp³-hybridized carbons (Fsp3) is 0.444. The molecule has 2 aliphatic rings. The average molecular weight is 459 g/mol. The first-order valence-electron chi connectivity index (χ1n) is 9.14. The highest BCUT2D eigenvalue weighted by molar-refractivity contribution is 14.1. The molecular weight excluding hydrogens is 441 g/mol. The number of hydrogen-bond acceptors (Lipinski definition) is 4. The summed E-state index contributed by atoms with van der Waals surface area (Å²) in [7, 11) is 0. The van der Waals surface area contributed by atoms with Crippen LogP contribution in [-0.4, -0.2) is 38.3 Å². The Morgan fingerprint density at radius 3 is 2.96 bits per heavy atom. The molecule has 0 spiro atoms. The molecule has 2 saturated carbocycles. The second kappa shape index (κ2) is 5.51. The zero-order valence-corrected chi connectivity index (χ0v) is 16.2. The topological polar surface area (TPSA) is 76.7 Å². The molecule has 0 unspecified atom stereocenters. The minimum Gasteiger partial charge on any atom is -0.345 e. The summed E-state index contributed by atoms with van der Waals surface area (Å²) in [6.07, 6.45) is 10.5. The van der Waals surface area contributed by atoms with Crippen molar-refractivity contribution in [3.8, 4) is 0 Å². The van der Waals surface area contributed by atoms with E-state index >= 15 is 0 Å². The summed E-state index contributed by atoms with van der Waals surface area (Å²) in [5, 5.41) is 13.6. The molecular formula is C18H18IN7. The van der Waals surface area contributed by atoms with Crippen LogP contribution < -0.4 is 0 Å². The van der Waals surface area contributed by atoms with E-state index < -0.39 is 0 Å². The van der Waals surface area contributed by atoms with Crippen molar-refractivity contribution in [2.24, 2.45) is 0 Å². The van der Waals surface area contributed by atoms with Crippen LogP contribution in [0.5, 0.6) is 0 Å². The Kier molecular flexibility index (Phi) is 3.21. The zero-order chi connectivity index (χ0) is 17.3. The number of rotatable bonds is 3. The van der Waals surface area contributed by atoms with Crippen LogP contribution in [-0.2, 0) is 0 Å². The van der Waals surface area contributed by atoms with E-state index in [2.05, 4.69) is 69.1 Å². The summed E-state index contributed by atoms with van der Waals surface area (Å²) >= 11 is 2.59. The van der Waals surface area contributed by atoms with Gasteiger partial charge in [0.15, 0.2) is 11.3 Å². The molecule has 132 valence electrons. The van der Waals surface area contributed by atoms with Gasteiger partial charge in [-0.3, -0.25) is 9.08 Å². The van der Waals surface area contributed by atoms with E-state index in [1.54, 1.807) is 6.20 Å². The fourth-order valence-corrected chi connectivity index (χ4v) is 5.60. The number of halogens is 1. The van der Waals surface area contributed by atoms with E-state index in [-0.39, 0.29) is 0 Å². The summed E-state index contributed by atoms with van der Waals surface area (Å²) in [6.45, 7) is 0. The normalized spacial score (nSPS) is 26.3. The first-order valence-corrected chi connectivity index (χ1v) is 10.4. The quantitative estimate of drug-likeness (QED) is 0.375. The molecule has 8 heteroatoms. The van der Waals surface area contributed by atoms with Crippen molar-refractivity contribution < 1.29 is 0 Å². The van der Waals surface area contributed by atoms with Crippen LogP contribution in [0.2, 0.25) is 0 Å². The smallest absolute Gasteiger partial charge is 0.179 e. The first-order chi connectivity index (χ1) is 12.8. The molecule has 0 aliphatic heterocycles. The van der Waals surface area contributed by atoms with Crippen LogP contribution in [0.3, 0.4) is 0 Å². The van der Waals surface area contributed by atoms with Gasteiger partial charge < -0.3 is 4.98 Å². The van der Waals surface area contributed by atoms with Gasteiger partial charge in [-0.05, 0) is 37.8 Å². The van der Waals surface area contributed by atoms with Crippen LogP contribution in [0.4, 0.5) is 0 Å². The predicted molar refractivity (Wildman–Crippen MR) is 106 cm³/mol. The molecule has 0 saturated heterocycles. The van der Waals surface area contributed by atoms with Crippen molar-refractivity contribution in [2.75, 3.05) is 0 Å². The van der Waals surface area contributed by atoms with Crippen molar-refractivity contribution in [3.63, 3.8) is 0 Å². The van der Waals surface area contributed by atoms with Crippen LogP contribution in [0.25, 0.3) is 16.8 Å². The maximum Gasteiger partial charge on any atom is 0.179 e. The molecule has 4 aromatic heterocycles. The highest BCUT2D eigenvalue weighted by Gasteiger charge is 2.40. The summed E-state index contributed by atoms with van der Waals surface area (Å²) in [4.78, 5) is 7.61. The lowest BCUT2D eigenvalue weighted by Gasteiger charge is -2.14. The second-order valence-corrected chi connectivity index (χ2v) is 9.04. The molecule has 2 aliphatic carbocycles. The van der Waals surface area contributed by atoms with Crippen molar-refractivity contribution in [1.29, 1.82) is 0 Å². The first kappa shape index (κ1) is 15.1. The number of nitrogens with one attached hydrogen (secondary N) is 1. The van der Waals surface area contributed by atoms with Gasteiger partial charge in [0, 0.05) is 33.8 Å². The lowest BCUT2D eigenvalue weighted by atomic mass is 10.1. The lowest BCUT2D eigenvalue weighted by molar-refractivity contribution is 0.443. The highest BCUT2D eigenvalue weighted by atomic mass is 127. The maximum absolute atomic E-state index is 4.67. The molecule has 0 aromatic carbocycles. The van der Waals surface area contributed by atoms with E-state index in [9.17, 15) is 0 Å². The summed E-state index contributed by atoms with van der Waals surface area (Å²) in [5.41, 5.74) is 4.16. The third-order valence-electron chi connectivity index (χ3n) is 5.80. The third kappa shape index (κ3) is 2.17. The van der Waals surface area contributed by atoms with Gasteiger partial charge in [-0.2, -0.15) is 5.10 Å². The van der Waals surface area contributed by atoms with Crippen molar-refractivity contribution in [1.82, 2.24) is 34.3 Å². The van der Waals surface area contributed by atoms with Crippen LogP contribution in [0.15, 0.2) is 30.7 Å². The van der Waals surface area contributed by atoms with E-state index in [1.165, 1.54) is 18.5 Å². The molecule has 2 fully saturated rings. The van der Waals surface area contributed by atoms with Gasteiger partial charge in [0.25, 0.3) is 0 Å². The Labute approximate surface area is 163 Å². The molecule has 3 atom stereocenters. The molecule has 0 radical (unpaired) electrons. The Balaban J connectivity index is 1.41. The minimum absolute atomic E-state index is 0.368. The molecule has 6 rings (SSSR count). The monoisotopic (exact) mass is 459 g/mol. The van der Waals surface area contributed by atoms with E-state index in [1.807, 2.05) is 12.4 Å². The predicted octanol–water partition coefficient (Wildman–Crippen LogP) is 3.60. The van der Waals surface area contributed by atoms with Gasteiger partial charge in [0.1, 0.15) is 5.82 Å². The SMILES string of the molecule is I[C@@H]1C[C@H](n2nccc2C2CC2)C[C@@H]1c1nnc2cnc3[nH]ccc3n12. The Morgan fingerprint density at radius 1 is 1.15 bits per heavy atom. The Morgan fingerprint density at radius 2 is 2.08 bits per heavy atom. The number of alkyl halides is 1. The molecule has 1 N–H and O–H groups in total. The largest absolute Gasteiger partial charge is 0.345 e. The van der Waals surface area contributed by atoms with Gasteiger partial charge in [0.05, 0.1) is 17.8 Å². The number of fused-ring (bicyclic) bond motifs is 3. The average Bonchev–Trinajstić information content (AvgIpc) is 3.05. The second-order valence-electron chi connectivity index (χ2n) is 7.44. The number of H-pyrrole nitrogens is 1. The molecule has 0 bridgehead atoms. The standard InChI is InChI=1S/C18H18IN7/c19-13-8-11(26-14(4-6-22-26)10-1-2-10)7-12(13)18-24-23-16-9-21-17-15(25(16)18)3-5-20-17/h3-6,9-13,20H,1-2,7-8H2/t11-,12+,13-/m1/s1. The number of nitrogens with zero attached hydrogens (tertiary/aromatic N) is 6. The Hall–Kier alpha value is -1.97. The third-order valence-corrected chi connectivity index (χ3v) is 7.18. The number of hydrogen-bond donors (Lipinski definition) is 1. The van der Waals surface area contributed by atoms with Crippen LogP contribution in [0.1, 0.15) is 55.1 Å². The molecule has 26 heavy (non-hydrogen) atoms. The van der Waals surface area contributed by atoms with Gasteiger partial charge in [-0.25, -0.2) is 4.98 Å². The van der Waals surface area contributed by atoms with Gasteiger partial charge >= 0.3 is 0 Å². The summed E-state index contributed by atoms with van der Waals surface area (Å²) < 4.78 is 4.98. The van der Waals surface area contributed by atoms with Gasteiger partial charge in [0.2, 0.25) is 0 Å². The summed E-state index contributed by atoms with van der Waals surface area (Å²) in [5.74, 6) is 2.14. The highest BCUT2D eigenvalue weighted by Crippen LogP contribution is 2.47. The molecule has 0 amide bonds. The minimum atomic E-state index is 0.368. The van der Waals surface area contributed by atoms with Crippen LogP contribution in [0, 0.1) is 0 Å². The van der Waals surface area contributed by atoms with E-state index in [0.29, 0.717) is 15.9 Å². The van der Waals surface area contributed by atoms with Crippen molar-refractivity contribution >= 4 is 39.4 Å². The van der Waals surface area contributed by atoms with E-state index in [0.717, 1.165) is 41.4 Å². The lowest BCUT2D eigenvalue weighted by Crippen LogP contribution is -2.11. The van der Waals surface area contributed by atoms with E-state index in [4.69, 9.17) is 0 Å². The van der Waals surface area contributed by atoms with Crippen molar-refractivity contribution in [3.05, 3.63) is 42.2 Å². The zero-order valence-electron chi connectivity index (χ0n) is 14.1. The Bertz CT molecular complexity index is 1110. The number of aromatic nitrogens is 7. The maximum atomic E-state index is 4.67. The molecule has 7 nitrogen and oxygen atoms in total. The molecule has 4 aromatic rings. The van der Waals surface area contributed by atoms with Gasteiger partial charge in [-0.1, -0.05) is 22.6 Å². The van der Waals surface area contributed by atoms with Crippen molar-refractivity contribution in [2.45, 2.75) is 47.5 Å². The fourth-order valence-electron chi connectivity index (χ4n) is 4.40. The summed E-state index contributed by atoms with van der Waals surface area (Å²) in [6, 6.07) is 4.70. The molecule has 4 heterocycles. The van der Waals surface area contributed by atoms with Gasteiger partial charge in [-0.15, -0.1) is 10.2 Å².